The van der Waals surface area contributed by atoms with E-state index >= 15 is 0 Å². The molecule has 0 atom stereocenters. The van der Waals surface area contributed by atoms with Crippen molar-refractivity contribution in [3.8, 4) is 0 Å². The van der Waals surface area contributed by atoms with Crippen LogP contribution in [0.3, 0.4) is 0 Å². The molecule has 0 aromatic rings. The Morgan fingerprint density at radius 3 is 2.09 bits per heavy atom. The van der Waals surface area contributed by atoms with Gasteiger partial charge in [0.1, 0.15) is 6.10 Å². The average Bonchev–Trinajstić information content (AvgIpc) is 1.87. The van der Waals surface area contributed by atoms with E-state index < -0.39 is 0 Å². The molecule has 0 rings (SSSR count). The molecule has 3 heteroatoms. The third-order valence-electron chi connectivity index (χ3n) is 1.50. The summed E-state index contributed by atoms with van der Waals surface area (Å²) in [6, 6.07) is 0. The third kappa shape index (κ3) is 6.10. The van der Waals surface area contributed by atoms with Crippen LogP contribution in [0, 0.1) is 0 Å². The van der Waals surface area contributed by atoms with Crippen molar-refractivity contribution >= 4 is 17.4 Å². The Kier molecular flexibility index (Phi) is 6.22. The van der Waals surface area contributed by atoms with Gasteiger partial charge >= 0.3 is 0 Å². The van der Waals surface area contributed by atoms with E-state index in [0.717, 1.165) is 25.7 Å². The number of ether oxygens (including phenoxy) is 1. The number of hydrogen-bond donors (Lipinski definition) is 1. The highest BCUT2D eigenvalue weighted by Crippen LogP contribution is 2.08. The molecule has 0 heterocycles. The van der Waals surface area contributed by atoms with Crippen LogP contribution < -0.4 is 5.73 Å². The van der Waals surface area contributed by atoms with Crippen molar-refractivity contribution in [1.29, 1.82) is 0 Å². The zero-order valence-electron chi connectivity index (χ0n) is 7.30. The summed E-state index contributed by atoms with van der Waals surface area (Å²) in [7, 11) is 0. The normalized spacial score (nSPS) is 10.1. The van der Waals surface area contributed by atoms with Gasteiger partial charge in [-0.2, -0.15) is 0 Å². The lowest BCUT2D eigenvalue weighted by molar-refractivity contribution is 0.168. The first kappa shape index (κ1) is 10.7. The molecule has 2 nitrogen and oxygen atoms in total. The fourth-order valence-electron chi connectivity index (χ4n) is 1.07. The molecule has 2 N–H and O–H groups in total. The predicted molar refractivity (Wildman–Crippen MR) is 51.5 cm³/mol. The summed E-state index contributed by atoms with van der Waals surface area (Å²) in [5.74, 6) is 0. The molecule has 0 aliphatic carbocycles. The van der Waals surface area contributed by atoms with Crippen molar-refractivity contribution in [3.05, 3.63) is 0 Å². The third-order valence-corrected chi connectivity index (χ3v) is 1.60. The molecule has 0 amide bonds. The maximum Gasteiger partial charge on any atom is 0.254 e. The summed E-state index contributed by atoms with van der Waals surface area (Å²) >= 11 is 4.66. The first-order chi connectivity index (χ1) is 5.20. The van der Waals surface area contributed by atoms with E-state index in [1.54, 1.807) is 0 Å². The van der Waals surface area contributed by atoms with E-state index in [0.29, 0.717) is 0 Å². The van der Waals surface area contributed by atoms with Crippen molar-refractivity contribution in [2.45, 2.75) is 45.6 Å². The molecule has 0 aliphatic rings. The SMILES string of the molecule is CCCC(CCC)OC(N)=S. The zero-order valence-corrected chi connectivity index (χ0v) is 8.12. The smallest absolute Gasteiger partial charge is 0.254 e. The van der Waals surface area contributed by atoms with E-state index in [1.165, 1.54) is 0 Å². The van der Waals surface area contributed by atoms with Gasteiger partial charge in [-0.05, 0) is 25.1 Å². The van der Waals surface area contributed by atoms with Crippen LogP contribution in [0.5, 0.6) is 0 Å². The van der Waals surface area contributed by atoms with Gasteiger partial charge in [-0.3, -0.25) is 0 Å². The Hall–Kier alpha value is -0.310. The predicted octanol–water partition coefficient (Wildman–Crippen LogP) is 2.22. The van der Waals surface area contributed by atoms with Gasteiger partial charge in [0.25, 0.3) is 5.17 Å². The fourth-order valence-corrected chi connectivity index (χ4v) is 1.21. The van der Waals surface area contributed by atoms with Gasteiger partial charge in [0.2, 0.25) is 0 Å². The van der Waals surface area contributed by atoms with Gasteiger partial charge < -0.3 is 10.5 Å². The lowest BCUT2D eigenvalue weighted by Gasteiger charge is -2.15. The van der Waals surface area contributed by atoms with Gasteiger partial charge in [-0.1, -0.05) is 26.7 Å². The molecule has 0 unspecified atom stereocenters. The highest BCUT2D eigenvalue weighted by atomic mass is 32.1. The Bertz CT molecular complexity index is 111. The van der Waals surface area contributed by atoms with Crippen molar-refractivity contribution in [1.82, 2.24) is 0 Å². The van der Waals surface area contributed by atoms with Crippen LogP contribution >= 0.6 is 12.2 Å². The lowest BCUT2D eigenvalue weighted by Crippen LogP contribution is -2.22. The summed E-state index contributed by atoms with van der Waals surface area (Å²) in [5.41, 5.74) is 5.26. The van der Waals surface area contributed by atoms with Crippen LogP contribution in [-0.4, -0.2) is 11.3 Å². The maximum atomic E-state index is 5.26. The standard InChI is InChI=1S/C8H17NOS/c1-3-5-7(6-4-2)10-8(9)11/h7H,3-6H2,1-2H3,(H2,9,11). The Morgan fingerprint density at radius 2 is 1.82 bits per heavy atom. The van der Waals surface area contributed by atoms with Crippen molar-refractivity contribution in [2.24, 2.45) is 5.73 Å². The molecule has 0 aliphatic heterocycles. The first-order valence-electron chi connectivity index (χ1n) is 4.16. The molecule has 0 aromatic carbocycles. The van der Waals surface area contributed by atoms with Gasteiger partial charge in [0, 0.05) is 0 Å². The second-order valence-electron chi connectivity index (χ2n) is 2.64. The molecule has 0 fully saturated rings. The van der Waals surface area contributed by atoms with E-state index in [9.17, 15) is 0 Å². The van der Waals surface area contributed by atoms with Crippen molar-refractivity contribution < 1.29 is 4.74 Å². The molecule has 0 radical (unpaired) electrons. The molecule has 0 aromatic heterocycles. The topological polar surface area (TPSA) is 35.2 Å². The summed E-state index contributed by atoms with van der Waals surface area (Å²) in [6.07, 6.45) is 4.57. The highest BCUT2D eigenvalue weighted by Gasteiger charge is 2.07. The highest BCUT2D eigenvalue weighted by molar-refractivity contribution is 7.80. The van der Waals surface area contributed by atoms with Gasteiger partial charge in [0.05, 0.1) is 0 Å². The zero-order chi connectivity index (χ0) is 8.69. The average molecular weight is 175 g/mol. The second-order valence-corrected chi connectivity index (χ2v) is 3.04. The Morgan fingerprint density at radius 1 is 1.36 bits per heavy atom. The van der Waals surface area contributed by atoms with Crippen LogP contribution in [0.2, 0.25) is 0 Å². The maximum absolute atomic E-state index is 5.26. The Labute approximate surface area is 74.1 Å². The Balaban J connectivity index is 3.59. The second kappa shape index (κ2) is 6.40. The molecule has 11 heavy (non-hydrogen) atoms. The van der Waals surface area contributed by atoms with E-state index in [2.05, 4.69) is 26.1 Å². The molecule has 0 bridgehead atoms. The van der Waals surface area contributed by atoms with Crippen LogP contribution in [0.15, 0.2) is 0 Å². The van der Waals surface area contributed by atoms with Gasteiger partial charge in [0.15, 0.2) is 0 Å². The molecule has 0 saturated carbocycles. The van der Waals surface area contributed by atoms with Crippen LogP contribution in [0.4, 0.5) is 0 Å². The monoisotopic (exact) mass is 175 g/mol. The lowest BCUT2D eigenvalue weighted by atomic mass is 10.1. The van der Waals surface area contributed by atoms with Gasteiger partial charge in [-0.15, -0.1) is 0 Å². The minimum atomic E-state index is 0.178. The summed E-state index contributed by atoms with van der Waals surface area (Å²) in [6.45, 7) is 4.26. The summed E-state index contributed by atoms with van der Waals surface area (Å²) in [4.78, 5) is 0. The number of thiocarbonyl (C=S) groups is 1. The van der Waals surface area contributed by atoms with Crippen LogP contribution in [-0.2, 0) is 4.74 Å². The van der Waals surface area contributed by atoms with Crippen molar-refractivity contribution in [2.75, 3.05) is 0 Å². The van der Waals surface area contributed by atoms with E-state index in [1.807, 2.05) is 0 Å². The minimum absolute atomic E-state index is 0.178. The molecule has 0 spiro atoms. The first-order valence-corrected chi connectivity index (χ1v) is 4.57. The molecular weight excluding hydrogens is 158 g/mol. The fraction of sp³-hybridized carbons (Fsp3) is 0.875. The van der Waals surface area contributed by atoms with E-state index in [-0.39, 0.29) is 11.3 Å². The number of rotatable bonds is 5. The van der Waals surface area contributed by atoms with E-state index in [4.69, 9.17) is 10.5 Å². The van der Waals surface area contributed by atoms with Crippen LogP contribution in [0.25, 0.3) is 0 Å². The quantitative estimate of drug-likeness (QED) is 0.651. The van der Waals surface area contributed by atoms with Crippen molar-refractivity contribution in [3.63, 3.8) is 0 Å². The largest absolute Gasteiger partial charge is 0.468 e. The number of hydrogen-bond acceptors (Lipinski definition) is 2. The number of nitrogens with two attached hydrogens (primary N) is 1. The molecule has 66 valence electrons. The van der Waals surface area contributed by atoms with Crippen LogP contribution in [0.1, 0.15) is 39.5 Å². The summed E-state index contributed by atoms with van der Waals surface area (Å²) in [5, 5.41) is 0.178. The molecule has 0 saturated heterocycles. The minimum Gasteiger partial charge on any atom is -0.468 e. The van der Waals surface area contributed by atoms with Gasteiger partial charge in [-0.25, -0.2) is 0 Å². The summed E-state index contributed by atoms with van der Waals surface area (Å²) < 4.78 is 5.24. The molecular formula is C8H17NOS.